The number of hydrogen-bond donors (Lipinski definition) is 1. The van der Waals surface area contributed by atoms with Crippen molar-refractivity contribution in [2.45, 2.75) is 18.9 Å². The molecule has 1 amide bonds. The second-order valence-electron chi connectivity index (χ2n) is 4.82. The van der Waals surface area contributed by atoms with Gasteiger partial charge in [-0.1, -0.05) is 23.2 Å². The van der Waals surface area contributed by atoms with Crippen molar-refractivity contribution in [3.8, 4) is 5.75 Å². The van der Waals surface area contributed by atoms with Gasteiger partial charge in [0.1, 0.15) is 5.75 Å². The molecule has 20 heavy (non-hydrogen) atoms. The molecule has 1 atom stereocenters. The first-order valence-corrected chi connectivity index (χ1v) is 7.38. The van der Waals surface area contributed by atoms with Crippen LogP contribution in [0.1, 0.15) is 12.8 Å². The van der Waals surface area contributed by atoms with E-state index in [2.05, 4.69) is 5.32 Å². The van der Waals surface area contributed by atoms with Gasteiger partial charge in [-0.3, -0.25) is 4.79 Å². The van der Waals surface area contributed by atoms with Crippen molar-refractivity contribution >= 4 is 29.1 Å². The first-order valence-electron chi connectivity index (χ1n) is 6.62. The minimum absolute atomic E-state index is 0.0868. The number of carbonyl (C=O) groups is 1. The maximum Gasteiger partial charge on any atom is 0.226 e. The molecule has 4 nitrogen and oxygen atoms in total. The highest BCUT2D eigenvalue weighted by Crippen LogP contribution is 2.27. The number of amides is 1. The smallest absolute Gasteiger partial charge is 0.226 e. The number of benzene rings is 1. The van der Waals surface area contributed by atoms with E-state index in [0.717, 1.165) is 19.5 Å². The molecule has 1 aliphatic heterocycles. The summed E-state index contributed by atoms with van der Waals surface area (Å²) in [6.45, 7) is 2.15. The maximum atomic E-state index is 12.0. The number of hydrogen-bond acceptors (Lipinski definition) is 3. The van der Waals surface area contributed by atoms with Crippen LogP contribution in [-0.2, 0) is 4.79 Å². The van der Waals surface area contributed by atoms with E-state index in [1.54, 1.807) is 23.1 Å². The summed E-state index contributed by atoms with van der Waals surface area (Å²) in [5.74, 6) is 0.637. The van der Waals surface area contributed by atoms with Crippen LogP contribution in [-0.4, -0.2) is 43.6 Å². The Kier molecular flexibility index (Phi) is 5.52. The van der Waals surface area contributed by atoms with Gasteiger partial charge in [-0.2, -0.15) is 0 Å². The van der Waals surface area contributed by atoms with E-state index in [9.17, 15) is 4.79 Å². The summed E-state index contributed by atoms with van der Waals surface area (Å²) >= 11 is 11.8. The highest BCUT2D eigenvalue weighted by Gasteiger charge is 2.22. The van der Waals surface area contributed by atoms with E-state index in [4.69, 9.17) is 27.9 Å². The molecule has 6 heteroatoms. The third-order valence-corrected chi connectivity index (χ3v) is 3.97. The lowest BCUT2D eigenvalue weighted by atomic mass is 10.2. The lowest BCUT2D eigenvalue weighted by Gasteiger charge is -2.23. The predicted octanol–water partition coefficient (Wildman–Crippen LogP) is 2.58. The molecule has 1 aromatic carbocycles. The summed E-state index contributed by atoms with van der Waals surface area (Å²) in [6.07, 6.45) is 1.35. The van der Waals surface area contributed by atoms with Crippen LogP contribution in [0.15, 0.2) is 18.2 Å². The van der Waals surface area contributed by atoms with E-state index < -0.39 is 0 Å². The van der Waals surface area contributed by atoms with E-state index >= 15 is 0 Å². The second kappa shape index (κ2) is 7.16. The van der Waals surface area contributed by atoms with Gasteiger partial charge in [-0.05, 0) is 31.2 Å². The van der Waals surface area contributed by atoms with Gasteiger partial charge in [0.2, 0.25) is 5.91 Å². The Bertz CT molecular complexity index is 476. The first kappa shape index (κ1) is 15.4. The van der Waals surface area contributed by atoms with Crippen molar-refractivity contribution in [3.05, 3.63) is 28.2 Å². The summed E-state index contributed by atoms with van der Waals surface area (Å²) in [5, 5.41) is 4.27. The fourth-order valence-electron chi connectivity index (χ4n) is 2.19. The highest BCUT2D eigenvalue weighted by atomic mass is 35.5. The molecule has 1 heterocycles. The number of likely N-dealkylation sites (N-methyl/N-ethyl adjacent to an activating group) is 1. The molecule has 2 rings (SSSR count). The third kappa shape index (κ3) is 4.01. The number of rotatable bonds is 5. The van der Waals surface area contributed by atoms with Crippen LogP contribution < -0.4 is 10.1 Å². The second-order valence-corrected chi connectivity index (χ2v) is 5.67. The molecular weight excluding hydrogens is 299 g/mol. The van der Waals surface area contributed by atoms with Gasteiger partial charge in [0.15, 0.2) is 0 Å². The van der Waals surface area contributed by atoms with Crippen LogP contribution in [0.3, 0.4) is 0 Å². The van der Waals surface area contributed by atoms with Gasteiger partial charge in [-0.25, -0.2) is 0 Å². The molecule has 0 saturated carbocycles. The van der Waals surface area contributed by atoms with E-state index in [1.807, 2.05) is 7.05 Å². The van der Waals surface area contributed by atoms with Crippen molar-refractivity contribution < 1.29 is 9.53 Å². The summed E-state index contributed by atoms with van der Waals surface area (Å²) < 4.78 is 5.52. The Morgan fingerprint density at radius 1 is 1.50 bits per heavy atom. The zero-order valence-electron chi connectivity index (χ0n) is 11.4. The minimum atomic E-state index is 0.0868. The van der Waals surface area contributed by atoms with Gasteiger partial charge in [0.25, 0.3) is 0 Å². The standard InChI is InChI=1S/C14H18Cl2N2O2/c1-18(11-4-6-17-9-11)14(19)5-7-20-13-3-2-10(15)8-12(13)16/h2-3,8,11,17H,4-7,9H2,1H3. The largest absolute Gasteiger partial charge is 0.491 e. The Balaban J connectivity index is 1.78. The number of ether oxygens (including phenoxy) is 1. The topological polar surface area (TPSA) is 41.6 Å². The van der Waals surface area contributed by atoms with E-state index in [0.29, 0.717) is 34.9 Å². The highest BCUT2D eigenvalue weighted by molar-refractivity contribution is 6.35. The van der Waals surface area contributed by atoms with E-state index in [1.165, 1.54) is 0 Å². The predicted molar refractivity (Wildman–Crippen MR) is 80.6 cm³/mol. The van der Waals surface area contributed by atoms with Crippen LogP contribution in [0.5, 0.6) is 5.75 Å². The van der Waals surface area contributed by atoms with Crippen LogP contribution >= 0.6 is 23.2 Å². The Hall–Kier alpha value is -0.970. The number of halogens is 2. The summed E-state index contributed by atoms with van der Waals surface area (Å²) in [6, 6.07) is 5.33. The maximum absolute atomic E-state index is 12.0. The lowest BCUT2D eigenvalue weighted by molar-refractivity contribution is -0.132. The first-order chi connectivity index (χ1) is 9.58. The van der Waals surface area contributed by atoms with Crippen LogP contribution in [0.4, 0.5) is 0 Å². The van der Waals surface area contributed by atoms with Crippen molar-refractivity contribution in [2.24, 2.45) is 0 Å². The van der Waals surface area contributed by atoms with Crippen molar-refractivity contribution in [3.63, 3.8) is 0 Å². The number of nitrogens with zero attached hydrogens (tertiary/aromatic N) is 1. The van der Waals surface area contributed by atoms with Gasteiger partial charge in [0, 0.05) is 24.7 Å². The SMILES string of the molecule is CN(C(=O)CCOc1ccc(Cl)cc1Cl)C1CCNC1. The van der Waals surface area contributed by atoms with Gasteiger partial charge >= 0.3 is 0 Å². The molecule has 1 saturated heterocycles. The average Bonchev–Trinajstić information content (AvgIpc) is 2.94. The zero-order valence-corrected chi connectivity index (χ0v) is 12.9. The van der Waals surface area contributed by atoms with E-state index in [-0.39, 0.29) is 5.91 Å². The normalized spacial score (nSPS) is 18.1. The lowest BCUT2D eigenvalue weighted by Crippen LogP contribution is -2.38. The molecule has 0 spiro atoms. The molecule has 0 bridgehead atoms. The Morgan fingerprint density at radius 3 is 2.95 bits per heavy atom. The van der Waals surface area contributed by atoms with Gasteiger partial charge < -0.3 is 15.0 Å². The molecule has 1 fully saturated rings. The quantitative estimate of drug-likeness (QED) is 0.907. The minimum Gasteiger partial charge on any atom is -0.491 e. The van der Waals surface area contributed by atoms with Gasteiger partial charge in [0.05, 0.1) is 18.1 Å². The summed E-state index contributed by atoms with van der Waals surface area (Å²) in [7, 11) is 1.84. The van der Waals surface area contributed by atoms with Crippen molar-refractivity contribution in [2.75, 3.05) is 26.7 Å². The van der Waals surface area contributed by atoms with Crippen molar-refractivity contribution in [1.29, 1.82) is 0 Å². The fraction of sp³-hybridized carbons (Fsp3) is 0.500. The molecular formula is C14H18Cl2N2O2. The van der Waals surface area contributed by atoms with Crippen molar-refractivity contribution in [1.82, 2.24) is 10.2 Å². The molecule has 1 unspecified atom stereocenters. The van der Waals surface area contributed by atoms with Crippen LogP contribution in [0.25, 0.3) is 0 Å². The molecule has 1 aromatic rings. The zero-order chi connectivity index (χ0) is 14.5. The molecule has 1 aliphatic rings. The monoisotopic (exact) mass is 316 g/mol. The summed E-state index contributed by atoms with van der Waals surface area (Å²) in [5.41, 5.74) is 0. The summed E-state index contributed by atoms with van der Waals surface area (Å²) in [4.78, 5) is 13.8. The number of carbonyl (C=O) groups excluding carboxylic acids is 1. The third-order valence-electron chi connectivity index (χ3n) is 3.44. The van der Waals surface area contributed by atoms with Gasteiger partial charge in [-0.15, -0.1) is 0 Å². The van der Waals surface area contributed by atoms with Crippen LogP contribution in [0.2, 0.25) is 10.0 Å². The Morgan fingerprint density at radius 2 is 2.30 bits per heavy atom. The number of nitrogens with one attached hydrogen (secondary N) is 1. The molecule has 0 aliphatic carbocycles. The molecule has 110 valence electrons. The Labute approximate surface area is 129 Å². The average molecular weight is 317 g/mol. The molecule has 0 radical (unpaired) electrons. The van der Waals surface area contributed by atoms with Crippen LogP contribution in [0, 0.1) is 0 Å². The fourth-order valence-corrected chi connectivity index (χ4v) is 2.65. The molecule has 0 aromatic heterocycles. The molecule has 1 N–H and O–H groups in total.